The first kappa shape index (κ1) is 11.6. The van der Waals surface area contributed by atoms with Gasteiger partial charge in [-0.15, -0.1) is 0 Å². The van der Waals surface area contributed by atoms with Gasteiger partial charge in [-0.25, -0.2) is 0 Å². The summed E-state index contributed by atoms with van der Waals surface area (Å²) < 4.78 is 5.71. The predicted molar refractivity (Wildman–Crippen MR) is 64.4 cm³/mol. The van der Waals surface area contributed by atoms with Crippen LogP contribution in [0.3, 0.4) is 0 Å². The molecule has 0 saturated carbocycles. The SMILES string of the molecule is Cc1ccc(OCC(C)CBr)c(C)c1. The van der Waals surface area contributed by atoms with Gasteiger partial charge < -0.3 is 4.74 Å². The molecule has 0 aliphatic carbocycles. The van der Waals surface area contributed by atoms with Gasteiger partial charge in [0.2, 0.25) is 0 Å². The quantitative estimate of drug-likeness (QED) is 0.747. The lowest BCUT2D eigenvalue weighted by atomic mass is 10.1. The summed E-state index contributed by atoms with van der Waals surface area (Å²) >= 11 is 3.44. The molecule has 14 heavy (non-hydrogen) atoms. The molecule has 0 aliphatic heterocycles. The van der Waals surface area contributed by atoms with Gasteiger partial charge >= 0.3 is 0 Å². The van der Waals surface area contributed by atoms with Crippen molar-refractivity contribution in [1.29, 1.82) is 0 Å². The minimum Gasteiger partial charge on any atom is -0.493 e. The second-order valence-corrected chi connectivity index (χ2v) is 4.49. The second-order valence-electron chi connectivity index (χ2n) is 3.84. The number of hydrogen-bond acceptors (Lipinski definition) is 1. The van der Waals surface area contributed by atoms with Crippen LogP contribution in [0.15, 0.2) is 18.2 Å². The summed E-state index contributed by atoms with van der Waals surface area (Å²) in [6, 6.07) is 6.28. The summed E-state index contributed by atoms with van der Waals surface area (Å²) in [5.41, 5.74) is 2.50. The van der Waals surface area contributed by atoms with Crippen LogP contribution in [0.2, 0.25) is 0 Å². The fourth-order valence-corrected chi connectivity index (χ4v) is 1.42. The molecular formula is C12H17BrO. The van der Waals surface area contributed by atoms with E-state index in [2.05, 4.69) is 48.8 Å². The van der Waals surface area contributed by atoms with Crippen LogP contribution in [0, 0.1) is 19.8 Å². The number of benzene rings is 1. The third-order valence-corrected chi connectivity index (χ3v) is 3.22. The lowest BCUT2D eigenvalue weighted by molar-refractivity contribution is 0.272. The summed E-state index contributed by atoms with van der Waals surface area (Å²) in [5, 5.41) is 0.984. The van der Waals surface area contributed by atoms with E-state index in [0.717, 1.165) is 17.7 Å². The molecule has 1 atom stereocenters. The Balaban J connectivity index is 2.59. The molecule has 0 aliphatic rings. The van der Waals surface area contributed by atoms with Gasteiger partial charge in [0.15, 0.2) is 0 Å². The van der Waals surface area contributed by atoms with Crippen LogP contribution in [-0.2, 0) is 0 Å². The average molecular weight is 257 g/mol. The van der Waals surface area contributed by atoms with Gasteiger partial charge in [-0.3, -0.25) is 0 Å². The minimum atomic E-state index is 0.552. The number of alkyl halides is 1. The topological polar surface area (TPSA) is 9.23 Å². The van der Waals surface area contributed by atoms with Crippen LogP contribution in [0.1, 0.15) is 18.1 Å². The van der Waals surface area contributed by atoms with Crippen molar-refractivity contribution in [2.45, 2.75) is 20.8 Å². The van der Waals surface area contributed by atoms with E-state index in [0.29, 0.717) is 5.92 Å². The van der Waals surface area contributed by atoms with Gasteiger partial charge in [0.1, 0.15) is 5.75 Å². The molecule has 0 N–H and O–H groups in total. The molecular weight excluding hydrogens is 240 g/mol. The average Bonchev–Trinajstić information content (AvgIpc) is 2.16. The molecule has 0 fully saturated rings. The van der Waals surface area contributed by atoms with E-state index < -0.39 is 0 Å². The molecule has 0 spiro atoms. The van der Waals surface area contributed by atoms with Crippen molar-refractivity contribution in [3.63, 3.8) is 0 Å². The van der Waals surface area contributed by atoms with Crippen molar-refractivity contribution in [2.75, 3.05) is 11.9 Å². The first-order valence-corrected chi connectivity index (χ1v) is 6.01. The highest BCUT2D eigenvalue weighted by atomic mass is 79.9. The van der Waals surface area contributed by atoms with Crippen LogP contribution in [0.25, 0.3) is 0 Å². The third kappa shape index (κ3) is 3.33. The Morgan fingerprint density at radius 1 is 1.36 bits per heavy atom. The van der Waals surface area contributed by atoms with Crippen LogP contribution >= 0.6 is 15.9 Å². The van der Waals surface area contributed by atoms with Gasteiger partial charge in [-0.2, -0.15) is 0 Å². The van der Waals surface area contributed by atoms with E-state index >= 15 is 0 Å². The summed E-state index contributed by atoms with van der Waals surface area (Å²) in [7, 11) is 0. The van der Waals surface area contributed by atoms with Crippen LogP contribution < -0.4 is 4.74 Å². The Labute approximate surface area is 94.6 Å². The molecule has 0 aromatic heterocycles. The zero-order valence-electron chi connectivity index (χ0n) is 9.01. The maximum atomic E-state index is 5.71. The molecule has 0 amide bonds. The number of hydrogen-bond donors (Lipinski definition) is 0. The van der Waals surface area contributed by atoms with E-state index in [-0.39, 0.29) is 0 Å². The monoisotopic (exact) mass is 256 g/mol. The summed E-state index contributed by atoms with van der Waals surface area (Å²) in [4.78, 5) is 0. The van der Waals surface area contributed by atoms with Gasteiger partial charge in [-0.05, 0) is 31.4 Å². The summed E-state index contributed by atoms with van der Waals surface area (Å²) in [5.74, 6) is 1.55. The molecule has 0 radical (unpaired) electrons. The first-order chi connectivity index (χ1) is 6.63. The zero-order chi connectivity index (χ0) is 10.6. The Kier molecular flexibility index (Phi) is 4.46. The molecule has 0 heterocycles. The van der Waals surface area contributed by atoms with Gasteiger partial charge in [-0.1, -0.05) is 40.5 Å². The lowest BCUT2D eigenvalue weighted by Gasteiger charge is -2.12. The van der Waals surface area contributed by atoms with E-state index in [9.17, 15) is 0 Å². The summed E-state index contributed by atoms with van der Waals surface area (Å²) in [6.45, 7) is 7.12. The van der Waals surface area contributed by atoms with Crippen molar-refractivity contribution < 1.29 is 4.74 Å². The molecule has 0 saturated heterocycles. The fourth-order valence-electron chi connectivity index (χ4n) is 1.24. The molecule has 1 nitrogen and oxygen atoms in total. The molecule has 1 unspecified atom stereocenters. The van der Waals surface area contributed by atoms with Crippen molar-refractivity contribution in [3.05, 3.63) is 29.3 Å². The number of halogens is 1. The van der Waals surface area contributed by atoms with Crippen LogP contribution in [-0.4, -0.2) is 11.9 Å². The molecule has 78 valence electrons. The van der Waals surface area contributed by atoms with Crippen molar-refractivity contribution >= 4 is 15.9 Å². The van der Waals surface area contributed by atoms with Crippen LogP contribution in [0.5, 0.6) is 5.75 Å². The Morgan fingerprint density at radius 3 is 2.64 bits per heavy atom. The smallest absolute Gasteiger partial charge is 0.122 e. The molecule has 1 aromatic carbocycles. The minimum absolute atomic E-state index is 0.552. The molecule has 1 aromatic rings. The second kappa shape index (κ2) is 5.40. The van der Waals surface area contributed by atoms with Gasteiger partial charge in [0.05, 0.1) is 6.61 Å². The highest BCUT2D eigenvalue weighted by Crippen LogP contribution is 2.19. The molecule has 2 heteroatoms. The highest BCUT2D eigenvalue weighted by Gasteiger charge is 2.03. The van der Waals surface area contributed by atoms with Crippen LogP contribution in [0.4, 0.5) is 0 Å². The first-order valence-electron chi connectivity index (χ1n) is 4.89. The van der Waals surface area contributed by atoms with Crippen molar-refractivity contribution in [1.82, 2.24) is 0 Å². The largest absolute Gasteiger partial charge is 0.493 e. The van der Waals surface area contributed by atoms with E-state index in [1.807, 2.05) is 6.07 Å². The number of aryl methyl sites for hydroxylation is 2. The zero-order valence-corrected chi connectivity index (χ0v) is 10.6. The van der Waals surface area contributed by atoms with Crippen molar-refractivity contribution in [3.8, 4) is 5.75 Å². The molecule has 0 bridgehead atoms. The molecule has 1 rings (SSSR count). The normalized spacial score (nSPS) is 12.6. The summed E-state index contributed by atoms with van der Waals surface area (Å²) in [6.07, 6.45) is 0. The maximum absolute atomic E-state index is 5.71. The standard InChI is InChI=1S/C12H17BrO/c1-9-4-5-12(11(3)6-9)14-8-10(2)7-13/h4-6,10H,7-8H2,1-3H3. The van der Waals surface area contributed by atoms with Gasteiger partial charge in [0, 0.05) is 5.33 Å². The van der Waals surface area contributed by atoms with E-state index in [1.165, 1.54) is 11.1 Å². The van der Waals surface area contributed by atoms with E-state index in [1.54, 1.807) is 0 Å². The third-order valence-electron chi connectivity index (χ3n) is 2.12. The predicted octanol–water partition coefficient (Wildman–Crippen LogP) is 3.71. The Morgan fingerprint density at radius 2 is 2.07 bits per heavy atom. The lowest BCUT2D eigenvalue weighted by Crippen LogP contribution is -2.10. The van der Waals surface area contributed by atoms with Crippen molar-refractivity contribution in [2.24, 2.45) is 5.92 Å². The number of ether oxygens (including phenoxy) is 1. The Bertz CT molecular complexity index is 296. The number of rotatable bonds is 4. The highest BCUT2D eigenvalue weighted by molar-refractivity contribution is 9.09. The van der Waals surface area contributed by atoms with Gasteiger partial charge in [0.25, 0.3) is 0 Å². The maximum Gasteiger partial charge on any atom is 0.122 e. The van der Waals surface area contributed by atoms with E-state index in [4.69, 9.17) is 4.74 Å². The Hall–Kier alpha value is -0.500. The fraction of sp³-hybridized carbons (Fsp3) is 0.500.